The molecule has 0 aliphatic carbocycles. The highest BCUT2D eigenvalue weighted by atomic mass is 31.2. The Morgan fingerprint density at radius 3 is 1.51 bits per heavy atom. The number of rotatable bonds is 6. The van der Waals surface area contributed by atoms with Gasteiger partial charge in [-0.2, -0.15) is 0 Å². The summed E-state index contributed by atoms with van der Waals surface area (Å²) in [6.45, 7) is 0. The minimum absolute atomic E-state index is 0.832. The molecule has 0 bridgehead atoms. The van der Waals surface area contributed by atoms with E-state index in [2.05, 4.69) is 138 Å². The van der Waals surface area contributed by atoms with Crippen LogP contribution in [0.2, 0.25) is 0 Å². The first kappa shape index (κ1) is 29.2. The maximum Gasteiger partial charge on any atom is 0.171 e. The maximum atomic E-state index is 15.3. The van der Waals surface area contributed by atoms with Gasteiger partial charge in [-0.05, 0) is 69.4 Å². The molecule has 0 aliphatic rings. The van der Waals surface area contributed by atoms with Crippen LogP contribution in [0.25, 0.3) is 60.5 Å². The van der Waals surface area contributed by atoms with Gasteiger partial charge in [0.1, 0.15) is 0 Å². The standard InChI is InChI=1S/C46H32NOP/c48-49(36-19-6-2-7-20-36,37-21-8-3-9-22-37)38-27-30-46-44(32-38)43-25-12-13-26-45(43)47(46)35-18-14-17-34(31-35)40-29-28-39(33-15-4-1-5-16-33)41-23-10-11-24-42(40)41/h1-32H. The first-order chi connectivity index (χ1) is 24.2. The summed E-state index contributed by atoms with van der Waals surface area (Å²) in [6, 6.07) is 67.4. The predicted molar refractivity (Wildman–Crippen MR) is 209 cm³/mol. The van der Waals surface area contributed by atoms with Crippen molar-refractivity contribution in [3.05, 3.63) is 194 Å². The topological polar surface area (TPSA) is 22.0 Å². The Balaban J connectivity index is 1.23. The summed E-state index contributed by atoms with van der Waals surface area (Å²) in [4.78, 5) is 0. The highest BCUT2D eigenvalue weighted by Crippen LogP contribution is 2.44. The largest absolute Gasteiger partial charge is 0.309 e. The number of benzene rings is 8. The second-order valence-electron chi connectivity index (χ2n) is 12.5. The Labute approximate surface area is 285 Å². The lowest BCUT2D eigenvalue weighted by Gasteiger charge is -2.20. The van der Waals surface area contributed by atoms with E-state index in [1.54, 1.807) is 0 Å². The van der Waals surface area contributed by atoms with Crippen molar-refractivity contribution >= 4 is 55.6 Å². The molecular formula is C46H32NOP. The molecular weight excluding hydrogens is 613 g/mol. The molecule has 0 unspecified atom stereocenters. The second kappa shape index (κ2) is 11.9. The van der Waals surface area contributed by atoms with E-state index in [0.29, 0.717) is 0 Å². The Hall–Kier alpha value is -5.95. The highest BCUT2D eigenvalue weighted by Gasteiger charge is 2.30. The summed E-state index contributed by atoms with van der Waals surface area (Å²) in [5, 5.41) is 7.19. The SMILES string of the molecule is O=P(c1ccccc1)(c1ccccc1)c1ccc2c(c1)c1ccccc1n2-c1cccc(-c2ccc(-c3ccccc3)c3ccccc23)c1. The molecule has 0 aliphatic heterocycles. The molecule has 0 spiro atoms. The van der Waals surface area contributed by atoms with E-state index in [-0.39, 0.29) is 0 Å². The molecule has 0 amide bonds. The first-order valence-electron chi connectivity index (χ1n) is 16.6. The number of hydrogen-bond donors (Lipinski definition) is 0. The molecule has 1 aromatic heterocycles. The summed E-state index contributed by atoms with van der Waals surface area (Å²) in [5.41, 5.74) is 8.09. The zero-order valence-electron chi connectivity index (χ0n) is 26.8. The summed E-state index contributed by atoms with van der Waals surface area (Å²) < 4.78 is 17.6. The predicted octanol–water partition coefficient (Wildman–Crippen LogP) is 10.9. The minimum Gasteiger partial charge on any atom is -0.309 e. The van der Waals surface area contributed by atoms with Crippen molar-refractivity contribution in [2.75, 3.05) is 0 Å². The van der Waals surface area contributed by atoms with Crippen molar-refractivity contribution in [3.8, 4) is 27.9 Å². The van der Waals surface area contributed by atoms with Gasteiger partial charge in [-0.15, -0.1) is 0 Å². The van der Waals surface area contributed by atoms with Crippen molar-refractivity contribution in [1.29, 1.82) is 0 Å². The number of aromatic nitrogens is 1. The van der Waals surface area contributed by atoms with Gasteiger partial charge in [0.15, 0.2) is 7.14 Å². The van der Waals surface area contributed by atoms with Crippen LogP contribution in [0.4, 0.5) is 0 Å². The van der Waals surface area contributed by atoms with Crippen LogP contribution in [0.15, 0.2) is 194 Å². The monoisotopic (exact) mass is 645 g/mol. The van der Waals surface area contributed by atoms with Gasteiger partial charge in [0, 0.05) is 32.4 Å². The molecule has 9 aromatic rings. The van der Waals surface area contributed by atoms with E-state index >= 15 is 4.57 Å². The van der Waals surface area contributed by atoms with Gasteiger partial charge in [0.2, 0.25) is 0 Å². The van der Waals surface area contributed by atoms with Crippen molar-refractivity contribution in [3.63, 3.8) is 0 Å². The van der Waals surface area contributed by atoms with Crippen LogP contribution in [0.1, 0.15) is 0 Å². The molecule has 3 heteroatoms. The molecule has 0 saturated heterocycles. The molecule has 0 atom stereocenters. The lowest BCUT2D eigenvalue weighted by Crippen LogP contribution is -2.24. The van der Waals surface area contributed by atoms with Crippen LogP contribution < -0.4 is 15.9 Å². The molecule has 0 N–H and O–H groups in total. The first-order valence-corrected chi connectivity index (χ1v) is 18.3. The van der Waals surface area contributed by atoms with E-state index in [1.807, 2.05) is 60.7 Å². The van der Waals surface area contributed by atoms with Gasteiger partial charge in [-0.1, -0.05) is 158 Å². The fraction of sp³-hybridized carbons (Fsp3) is 0. The quantitative estimate of drug-likeness (QED) is 0.165. The summed E-state index contributed by atoms with van der Waals surface area (Å²) >= 11 is 0. The normalized spacial score (nSPS) is 11.8. The second-order valence-corrected chi connectivity index (χ2v) is 15.2. The third kappa shape index (κ3) is 4.84. The van der Waals surface area contributed by atoms with Gasteiger partial charge < -0.3 is 9.13 Å². The van der Waals surface area contributed by atoms with Gasteiger partial charge in [0.25, 0.3) is 0 Å². The molecule has 8 aromatic carbocycles. The number of nitrogens with zero attached hydrogens (tertiary/aromatic N) is 1. The Bertz CT molecular complexity index is 2630. The Morgan fingerprint density at radius 2 is 0.857 bits per heavy atom. The number of para-hydroxylation sites is 1. The van der Waals surface area contributed by atoms with Crippen LogP contribution >= 0.6 is 7.14 Å². The summed E-state index contributed by atoms with van der Waals surface area (Å²) in [5.74, 6) is 0. The van der Waals surface area contributed by atoms with Crippen LogP contribution in [-0.4, -0.2) is 4.57 Å². The smallest absolute Gasteiger partial charge is 0.171 e. The molecule has 232 valence electrons. The van der Waals surface area contributed by atoms with Crippen molar-refractivity contribution in [2.24, 2.45) is 0 Å². The lowest BCUT2D eigenvalue weighted by molar-refractivity contribution is 0.592. The van der Waals surface area contributed by atoms with Crippen molar-refractivity contribution < 1.29 is 4.57 Å². The molecule has 2 nitrogen and oxygen atoms in total. The minimum atomic E-state index is -3.13. The third-order valence-electron chi connectivity index (χ3n) is 9.68. The van der Waals surface area contributed by atoms with E-state index < -0.39 is 7.14 Å². The average molecular weight is 646 g/mol. The number of hydrogen-bond acceptors (Lipinski definition) is 1. The third-order valence-corrected chi connectivity index (χ3v) is 12.7. The lowest BCUT2D eigenvalue weighted by atomic mass is 9.92. The molecule has 0 saturated carbocycles. The fourth-order valence-corrected chi connectivity index (χ4v) is 10.1. The van der Waals surface area contributed by atoms with Gasteiger partial charge >= 0.3 is 0 Å². The van der Waals surface area contributed by atoms with Crippen LogP contribution in [0.5, 0.6) is 0 Å². The van der Waals surface area contributed by atoms with E-state index in [1.165, 1.54) is 27.5 Å². The number of fused-ring (bicyclic) bond motifs is 4. The molecule has 0 radical (unpaired) electrons. The summed E-state index contributed by atoms with van der Waals surface area (Å²) in [7, 11) is -3.13. The Kier molecular flexibility index (Phi) is 7.11. The molecule has 9 rings (SSSR count). The zero-order valence-corrected chi connectivity index (χ0v) is 27.7. The average Bonchev–Trinajstić information content (AvgIpc) is 3.52. The molecule has 1 heterocycles. The van der Waals surface area contributed by atoms with Crippen LogP contribution in [0.3, 0.4) is 0 Å². The van der Waals surface area contributed by atoms with Gasteiger partial charge in [-0.3, -0.25) is 0 Å². The maximum absolute atomic E-state index is 15.3. The zero-order chi connectivity index (χ0) is 32.8. The van der Waals surface area contributed by atoms with E-state index in [4.69, 9.17) is 0 Å². The van der Waals surface area contributed by atoms with Gasteiger partial charge in [-0.25, -0.2) is 0 Å². The van der Waals surface area contributed by atoms with Crippen molar-refractivity contribution in [1.82, 2.24) is 4.57 Å². The molecule has 0 fully saturated rings. The Morgan fingerprint density at radius 1 is 0.347 bits per heavy atom. The highest BCUT2D eigenvalue weighted by molar-refractivity contribution is 7.85. The molecule has 49 heavy (non-hydrogen) atoms. The van der Waals surface area contributed by atoms with Crippen LogP contribution in [0, 0.1) is 0 Å². The van der Waals surface area contributed by atoms with E-state index in [0.717, 1.165) is 49.0 Å². The van der Waals surface area contributed by atoms with Gasteiger partial charge in [0.05, 0.1) is 11.0 Å². The van der Waals surface area contributed by atoms with Crippen LogP contribution in [-0.2, 0) is 4.57 Å². The summed E-state index contributed by atoms with van der Waals surface area (Å²) in [6.07, 6.45) is 0. The van der Waals surface area contributed by atoms with Crippen molar-refractivity contribution in [2.45, 2.75) is 0 Å². The fourth-order valence-electron chi connectivity index (χ4n) is 7.39. The van der Waals surface area contributed by atoms with E-state index in [9.17, 15) is 0 Å².